The van der Waals surface area contributed by atoms with Crippen molar-refractivity contribution in [1.82, 2.24) is 0 Å². The van der Waals surface area contributed by atoms with Crippen LogP contribution in [0.25, 0.3) is 0 Å². The number of fused-ring (bicyclic) bond motifs is 1. The Balaban J connectivity index is 2.12. The number of hydrogen-bond acceptors (Lipinski definition) is 12. The average molecular weight is 581 g/mol. The predicted octanol–water partition coefficient (Wildman–Crippen LogP) is 1.03. The third kappa shape index (κ3) is 4.32. The molecule has 0 radical (unpaired) electrons. The maximum atomic E-state index is 13.8. The number of carbonyl (C=O) groups is 5. The Labute approximate surface area is 238 Å². The van der Waals surface area contributed by atoms with Gasteiger partial charge in [-0.2, -0.15) is 0 Å². The van der Waals surface area contributed by atoms with Crippen LogP contribution in [-0.4, -0.2) is 88.7 Å². The second-order valence-corrected chi connectivity index (χ2v) is 12.5. The molecule has 41 heavy (non-hydrogen) atoms. The van der Waals surface area contributed by atoms with Crippen molar-refractivity contribution in [3.05, 3.63) is 12.2 Å². The van der Waals surface area contributed by atoms with Gasteiger partial charge in [-0.05, 0) is 18.9 Å². The molecule has 12 heteroatoms. The normalized spacial score (nSPS) is 45.0. The summed E-state index contributed by atoms with van der Waals surface area (Å²) in [4.78, 5) is 63.7. The summed E-state index contributed by atoms with van der Waals surface area (Å²) in [5.41, 5.74) is -6.69. The standard InChI is InChI=1S/C29H40O12/c1-13-20(34)9-18(11-37-14(2)30)27(7)22(13)23(39-15(3)31)19-10-21(35)28(8)29(36,26(19,6)12-38-28)25(41-17(5)33)24(27)40-16(4)32/h18-20,22-25,34,36H,1,9-12H2,2-8H3/t18-,19+,20+,22+,23-,24+,25+,26+,27-,28-,29+/m1/s1. The second-order valence-electron chi connectivity index (χ2n) is 12.5. The molecule has 4 aliphatic rings. The fraction of sp³-hybridized carbons (Fsp3) is 0.759. The number of carbonyl (C=O) groups excluding carboxylic acids is 5. The Morgan fingerprint density at radius 3 is 2.05 bits per heavy atom. The molecule has 4 fully saturated rings. The number of Topliss-reactive ketones (excluding diaryl/α,β-unsaturated/α-hetero) is 1. The molecule has 1 saturated heterocycles. The van der Waals surface area contributed by atoms with Gasteiger partial charge in [0.15, 0.2) is 17.5 Å². The first-order valence-electron chi connectivity index (χ1n) is 13.8. The van der Waals surface area contributed by atoms with Gasteiger partial charge in [0.2, 0.25) is 0 Å². The molecule has 1 aliphatic heterocycles. The van der Waals surface area contributed by atoms with E-state index >= 15 is 0 Å². The first kappa shape index (κ1) is 31.1. The van der Waals surface area contributed by atoms with Crippen LogP contribution in [-0.2, 0) is 47.7 Å². The summed E-state index contributed by atoms with van der Waals surface area (Å²) >= 11 is 0. The molecule has 228 valence electrons. The number of rotatable bonds is 5. The lowest BCUT2D eigenvalue weighted by Gasteiger charge is -2.65. The zero-order chi connectivity index (χ0) is 30.9. The van der Waals surface area contributed by atoms with Crippen molar-refractivity contribution in [1.29, 1.82) is 0 Å². The van der Waals surface area contributed by atoms with Crippen LogP contribution in [0, 0.1) is 28.6 Å². The molecule has 0 aromatic rings. The minimum Gasteiger partial charge on any atom is -0.466 e. The molecular formula is C29H40O12. The van der Waals surface area contributed by atoms with E-state index in [-0.39, 0.29) is 31.6 Å². The summed E-state index contributed by atoms with van der Waals surface area (Å²) in [5.74, 6) is -6.06. The van der Waals surface area contributed by atoms with E-state index in [1.54, 1.807) is 13.8 Å². The van der Waals surface area contributed by atoms with Gasteiger partial charge in [-0.1, -0.05) is 20.4 Å². The van der Waals surface area contributed by atoms with E-state index in [9.17, 15) is 34.2 Å². The second kappa shape index (κ2) is 10.2. The van der Waals surface area contributed by atoms with Crippen LogP contribution in [0.3, 0.4) is 0 Å². The number of aliphatic hydroxyl groups is 2. The fourth-order valence-corrected chi connectivity index (χ4v) is 8.22. The van der Waals surface area contributed by atoms with Crippen LogP contribution in [0.15, 0.2) is 12.2 Å². The molecule has 3 aliphatic carbocycles. The predicted molar refractivity (Wildman–Crippen MR) is 139 cm³/mol. The lowest BCUT2D eigenvalue weighted by molar-refractivity contribution is -0.291. The van der Waals surface area contributed by atoms with Crippen molar-refractivity contribution >= 4 is 29.7 Å². The highest BCUT2D eigenvalue weighted by Gasteiger charge is 2.82. The van der Waals surface area contributed by atoms with Gasteiger partial charge in [-0.15, -0.1) is 0 Å². The molecule has 0 amide bonds. The van der Waals surface area contributed by atoms with Gasteiger partial charge in [0.25, 0.3) is 0 Å². The Morgan fingerprint density at radius 2 is 1.51 bits per heavy atom. The number of hydrogen-bond donors (Lipinski definition) is 2. The lowest BCUT2D eigenvalue weighted by atomic mass is 9.43. The molecule has 0 aromatic heterocycles. The first-order chi connectivity index (χ1) is 18.9. The maximum Gasteiger partial charge on any atom is 0.303 e. The molecule has 1 heterocycles. The monoisotopic (exact) mass is 580 g/mol. The highest BCUT2D eigenvalue weighted by molar-refractivity contribution is 5.91. The molecule has 2 N–H and O–H groups in total. The van der Waals surface area contributed by atoms with Crippen LogP contribution >= 0.6 is 0 Å². The van der Waals surface area contributed by atoms with E-state index in [2.05, 4.69) is 6.58 Å². The SMILES string of the molecule is C=C1[C@@H](O)C[C@H](COC(C)=O)[C@@]2(C)[C@@H](OC(C)=O)[C@H](OC(C)=O)[C@]3(O)[C@@]4(C)CO[C@]3(C)C(=O)C[C@H]4[C@@H](OC(C)=O)[C@H]12. The fourth-order valence-electron chi connectivity index (χ4n) is 8.22. The number of ether oxygens (including phenoxy) is 5. The molecule has 0 aromatic carbocycles. The quantitative estimate of drug-likeness (QED) is 0.269. The van der Waals surface area contributed by atoms with Crippen LogP contribution in [0.5, 0.6) is 0 Å². The average Bonchev–Trinajstić information content (AvgIpc) is 2.99. The first-order valence-corrected chi connectivity index (χ1v) is 13.8. The van der Waals surface area contributed by atoms with Crippen molar-refractivity contribution in [2.45, 2.75) is 96.9 Å². The Morgan fingerprint density at radius 1 is 0.951 bits per heavy atom. The highest BCUT2D eigenvalue weighted by Crippen LogP contribution is 2.67. The molecule has 0 spiro atoms. The molecular weight excluding hydrogens is 540 g/mol. The van der Waals surface area contributed by atoms with Gasteiger partial charge in [0.05, 0.1) is 19.3 Å². The zero-order valence-corrected chi connectivity index (χ0v) is 24.6. The number of aliphatic hydroxyl groups excluding tert-OH is 1. The van der Waals surface area contributed by atoms with E-state index in [0.29, 0.717) is 0 Å². The molecule has 4 rings (SSSR count). The van der Waals surface area contributed by atoms with Gasteiger partial charge < -0.3 is 33.9 Å². The minimum absolute atomic E-state index is 0.00349. The van der Waals surface area contributed by atoms with Gasteiger partial charge in [-0.25, -0.2) is 0 Å². The van der Waals surface area contributed by atoms with E-state index in [4.69, 9.17) is 23.7 Å². The molecule has 12 nitrogen and oxygen atoms in total. The van der Waals surface area contributed by atoms with Crippen molar-refractivity contribution in [3.63, 3.8) is 0 Å². The Hall–Kier alpha value is -2.83. The van der Waals surface area contributed by atoms with Crippen LogP contribution in [0.2, 0.25) is 0 Å². The number of ketones is 1. The van der Waals surface area contributed by atoms with Crippen molar-refractivity contribution in [3.8, 4) is 0 Å². The van der Waals surface area contributed by atoms with Crippen LogP contribution in [0.1, 0.15) is 61.3 Å². The Bertz CT molecular complexity index is 1180. The zero-order valence-electron chi connectivity index (χ0n) is 24.6. The van der Waals surface area contributed by atoms with Crippen molar-refractivity contribution in [2.24, 2.45) is 28.6 Å². The van der Waals surface area contributed by atoms with E-state index in [1.165, 1.54) is 20.8 Å². The van der Waals surface area contributed by atoms with Gasteiger partial charge >= 0.3 is 23.9 Å². The third-order valence-corrected chi connectivity index (χ3v) is 10.3. The molecule has 0 unspecified atom stereocenters. The summed E-state index contributed by atoms with van der Waals surface area (Å²) < 4.78 is 29.2. The molecule has 4 bridgehead atoms. The largest absolute Gasteiger partial charge is 0.466 e. The van der Waals surface area contributed by atoms with E-state index in [0.717, 1.165) is 13.8 Å². The summed E-state index contributed by atoms with van der Waals surface area (Å²) in [7, 11) is 0. The third-order valence-electron chi connectivity index (χ3n) is 10.3. The smallest absolute Gasteiger partial charge is 0.303 e. The van der Waals surface area contributed by atoms with Crippen molar-refractivity contribution < 1.29 is 57.9 Å². The molecule has 11 atom stereocenters. The van der Waals surface area contributed by atoms with Gasteiger partial charge in [-0.3, -0.25) is 24.0 Å². The summed E-state index contributed by atoms with van der Waals surface area (Å²) in [5, 5.41) is 24.1. The van der Waals surface area contributed by atoms with Gasteiger partial charge in [0, 0.05) is 62.7 Å². The van der Waals surface area contributed by atoms with E-state index < -0.39 is 93.9 Å². The minimum atomic E-state index is -2.26. The lowest BCUT2D eigenvalue weighted by Crippen LogP contribution is -2.79. The van der Waals surface area contributed by atoms with Crippen LogP contribution < -0.4 is 0 Å². The summed E-state index contributed by atoms with van der Waals surface area (Å²) in [6.45, 7) is 13.2. The summed E-state index contributed by atoms with van der Waals surface area (Å²) in [6, 6.07) is 0. The summed E-state index contributed by atoms with van der Waals surface area (Å²) in [6.07, 6.45) is -5.61. The Kier molecular flexibility index (Phi) is 7.71. The van der Waals surface area contributed by atoms with Crippen molar-refractivity contribution in [2.75, 3.05) is 13.2 Å². The molecule has 3 saturated carbocycles. The topological polar surface area (TPSA) is 172 Å². The van der Waals surface area contributed by atoms with Crippen LogP contribution in [0.4, 0.5) is 0 Å². The maximum absolute atomic E-state index is 13.8. The number of esters is 4. The van der Waals surface area contributed by atoms with E-state index in [1.807, 2.05) is 0 Å². The van der Waals surface area contributed by atoms with Gasteiger partial charge in [0.1, 0.15) is 17.8 Å². The highest BCUT2D eigenvalue weighted by atomic mass is 16.6.